The average Bonchev–Trinajstić information content (AvgIpc) is 3.34. The zero-order valence-electron chi connectivity index (χ0n) is 14.8. The first kappa shape index (κ1) is 19.5. The van der Waals surface area contributed by atoms with Crippen molar-refractivity contribution in [3.63, 3.8) is 0 Å². The van der Waals surface area contributed by atoms with Crippen LogP contribution in [0.4, 0.5) is 22.2 Å². The number of nitro groups is 1. The van der Waals surface area contributed by atoms with E-state index in [-0.39, 0.29) is 21.5 Å². The second-order valence-corrected chi connectivity index (χ2v) is 7.24. The van der Waals surface area contributed by atoms with Crippen molar-refractivity contribution in [3.05, 3.63) is 69.8 Å². The number of nitro benzene ring substituents is 1. The van der Waals surface area contributed by atoms with Gasteiger partial charge in [0, 0.05) is 29.8 Å². The minimum Gasteiger partial charge on any atom is -0.269 e. The summed E-state index contributed by atoms with van der Waals surface area (Å²) in [4.78, 5) is 34.9. The van der Waals surface area contributed by atoms with Gasteiger partial charge in [0.2, 0.25) is 0 Å². The number of non-ortho nitro benzene ring substituents is 1. The van der Waals surface area contributed by atoms with Crippen molar-refractivity contribution in [1.82, 2.24) is 10.2 Å². The van der Waals surface area contributed by atoms with E-state index in [1.54, 1.807) is 12.1 Å². The number of halogens is 1. The number of aromatic nitrogens is 2. The topological polar surface area (TPSA) is 131 Å². The molecule has 0 aliphatic carbocycles. The van der Waals surface area contributed by atoms with Gasteiger partial charge in [-0.1, -0.05) is 22.9 Å². The molecule has 3 aromatic rings. The van der Waals surface area contributed by atoms with Crippen LogP contribution >= 0.6 is 22.9 Å². The standard InChI is InChI=1S/C18H9ClN6O4S/c19-13-6-5-12(24-15(26)7-8-16(24)27)9-14(13)20-22-18-23-21-17(30-18)10-1-3-11(4-2-10)25(28)29/h1-9H. The molecular formula is C18H9ClN6O4S. The van der Waals surface area contributed by atoms with Gasteiger partial charge in [-0.05, 0) is 30.3 Å². The van der Waals surface area contributed by atoms with Crippen molar-refractivity contribution < 1.29 is 14.5 Å². The molecule has 0 spiro atoms. The van der Waals surface area contributed by atoms with Crippen LogP contribution in [0.5, 0.6) is 0 Å². The Morgan fingerprint density at radius 1 is 1.00 bits per heavy atom. The second-order valence-electron chi connectivity index (χ2n) is 5.87. The van der Waals surface area contributed by atoms with Crippen LogP contribution in [0.1, 0.15) is 0 Å². The molecule has 2 heterocycles. The van der Waals surface area contributed by atoms with Gasteiger partial charge in [0.25, 0.3) is 22.6 Å². The van der Waals surface area contributed by atoms with E-state index < -0.39 is 16.7 Å². The van der Waals surface area contributed by atoms with Crippen LogP contribution in [-0.4, -0.2) is 26.9 Å². The zero-order valence-corrected chi connectivity index (χ0v) is 16.4. The van der Waals surface area contributed by atoms with E-state index in [1.807, 2.05) is 0 Å². The molecule has 2 aromatic carbocycles. The quantitative estimate of drug-likeness (QED) is 0.246. The van der Waals surface area contributed by atoms with E-state index in [0.29, 0.717) is 16.3 Å². The highest BCUT2D eigenvalue weighted by atomic mass is 35.5. The maximum Gasteiger partial charge on any atom is 0.269 e. The van der Waals surface area contributed by atoms with Crippen LogP contribution in [0, 0.1) is 10.1 Å². The predicted molar refractivity (Wildman–Crippen MR) is 109 cm³/mol. The molecule has 0 bridgehead atoms. The van der Waals surface area contributed by atoms with E-state index >= 15 is 0 Å². The highest BCUT2D eigenvalue weighted by Crippen LogP contribution is 2.34. The molecule has 2 amide bonds. The van der Waals surface area contributed by atoms with Gasteiger partial charge in [-0.2, -0.15) is 0 Å². The predicted octanol–water partition coefficient (Wildman–Crippen LogP) is 4.61. The number of carbonyl (C=O) groups is 2. The maximum absolute atomic E-state index is 11.8. The van der Waals surface area contributed by atoms with Crippen LogP contribution in [0.15, 0.2) is 64.8 Å². The maximum atomic E-state index is 11.8. The normalized spacial score (nSPS) is 13.6. The third kappa shape index (κ3) is 3.83. The van der Waals surface area contributed by atoms with E-state index in [2.05, 4.69) is 20.4 Å². The van der Waals surface area contributed by atoms with E-state index in [0.717, 1.165) is 16.2 Å². The summed E-state index contributed by atoms with van der Waals surface area (Å²) in [6.07, 6.45) is 2.36. The summed E-state index contributed by atoms with van der Waals surface area (Å²) in [5.74, 6) is -0.913. The summed E-state index contributed by atoms with van der Waals surface area (Å²) in [7, 11) is 0. The molecule has 1 aliphatic rings. The lowest BCUT2D eigenvalue weighted by molar-refractivity contribution is -0.384. The molecule has 30 heavy (non-hydrogen) atoms. The van der Waals surface area contributed by atoms with Gasteiger partial charge in [0.15, 0.2) is 0 Å². The van der Waals surface area contributed by atoms with Crippen LogP contribution in [0.2, 0.25) is 5.02 Å². The fraction of sp³-hybridized carbons (Fsp3) is 0. The Morgan fingerprint density at radius 3 is 2.37 bits per heavy atom. The molecule has 0 fully saturated rings. The highest BCUT2D eigenvalue weighted by molar-refractivity contribution is 7.18. The van der Waals surface area contributed by atoms with Crippen molar-refractivity contribution in [3.8, 4) is 10.6 Å². The van der Waals surface area contributed by atoms with Crippen molar-refractivity contribution in [2.45, 2.75) is 0 Å². The lowest BCUT2D eigenvalue weighted by Crippen LogP contribution is -2.29. The van der Waals surface area contributed by atoms with Crippen LogP contribution in [-0.2, 0) is 9.59 Å². The molecule has 0 saturated carbocycles. The first-order valence-electron chi connectivity index (χ1n) is 8.28. The Morgan fingerprint density at radius 2 is 1.70 bits per heavy atom. The lowest BCUT2D eigenvalue weighted by atomic mass is 10.2. The summed E-state index contributed by atoms with van der Waals surface area (Å²) in [5, 5.41) is 27.7. The second kappa shape index (κ2) is 7.89. The minimum absolute atomic E-state index is 0.0251. The zero-order chi connectivity index (χ0) is 21.3. The fourth-order valence-electron chi connectivity index (χ4n) is 2.57. The van der Waals surface area contributed by atoms with Gasteiger partial charge < -0.3 is 0 Å². The first-order chi connectivity index (χ1) is 14.4. The largest absolute Gasteiger partial charge is 0.269 e. The number of benzene rings is 2. The Labute approximate surface area is 177 Å². The number of anilines is 1. The summed E-state index contributed by atoms with van der Waals surface area (Å²) >= 11 is 7.27. The third-order valence-electron chi connectivity index (χ3n) is 3.98. The fourth-order valence-corrected chi connectivity index (χ4v) is 3.39. The molecule has 0 saturated heterocycles. The molecule has 10 nitrogen and oxygen atoms in total. The van der Waals surface area contributed by atoms with Gasteiger partial charge in [-0.15, -0.1) is 20.4 Å². The smallest absolute Gasteiger partial charge is 0.269 e. The summed E-state index contributed by atoms with van der Waals surface area (Å²) in [6, 6.07) is 10.4. The number of imide groups is 1. The number of rotatable bonds is 5. The SMILES string of the molecule is O=C1C=CC(=O)N1c1ccc(Cl)c(N=Nc2nnc(-c3ccc([N+](=O)[O-])cc3)s2)c1. The minimum atomic E-state index is -0.485. The van der Waals surface area contributed by atoms with Gasteiger partial charge >= 0.3 is 0 Å². The Kier molecular flexibility index (Phi) is 5.12. The van der Waals surface area contributed by atoms with Crippen molar-refractivity contribution in [2.75, 3.05) is 4.90 Å². The molecule has 0 atom stereocenters. The molecule has 1 aliphatic heterocycles. The molecule has 4 rings (SSSR count). The van der Waals surface area contributed by atoms with Gasteiger partial charge in [-0.25, -0.2) is 4.90 Å². The van der Waals surface area contributed by atoms with Gasteiger partial charge in [-0.3, -0.25) is 19.7 Å². The third-order valence-corrected chi connectivity index (χ3v) is 5.16. The summed E-state index contributed by atoms with van der Waals surface area (Å²) in [6.45, 7) is 0. The molecule has 1 aromatic heterocycles. The van der Waals surface area contributed by atoms with Gasteiger partial charge in [0.05, 0.1) is 15.6 Å². The molecule has 0 N–H and O–H groups in total. The number of carbonyl (C=O) groups excluding carboxylic acids is 2. The van der Waals surface area contributed by atoms with E-state index in [9.17, 15) is 19.7 Å². The van der Waals surface area contributed by atoms with Crippen LogP contribution in [0.3, 0.4) is 0 Å². The number of hydrogen-bond acceptors (Lipinski definition) is 9. The van der Waals surface area contributed by atoms with Crippen LogP contribution in [0.25, 0.3) is 10.6 Å². The van der Waals surface area contributed by atoms with Gasteiger partial charge in [0.1, 0.15) is 10.7 Å². The summed E-state index contributed by atoms with van der Waals surface area (Å²) in [5.41, 5.74) is 1.19. The molecule has 0 radical (unpaired) electrons. The van der Waals surface area contributed by atoms with Crippen molar-refractivity contribution in [2.24, 2.45) is 10.2 Å². The Balaban J connectivity index is 1.56. The summed E-state index contributed by atoms with van der Waals surface area (Å²) < 4.78 is 0. The van der Waals surface area contributed by atoms with E-state index in [4.69, 9.17) is 11.6 Å². The number of nitrogens with zero attached hydrogens (tertiary/aromatic N) is 6. The number of azo groups is 1. The van der Waals surface area contributed by atoms with Crippen molar-refractivity contribution in [1.29, 1.82) is 0 Å². The molecule has 12 heteroatoms. The Hall–Kier alpha value is -3.83. The highest BCUT2D eigenvalue weighted by Gasteiger charge is 2.25. The average molecular weight is 441 g/mol. The van der Waals surface area contributed by atoms with Crippen LogP contribution < -0.4 is 4.90 Å². The Bertz CT molecular complexity index is 1220. The molecule has 0 unspecified atom stereocenters. The molecular weight excluding hydrogens is 432 g/mol. The van der Waals surface area contributed by atoms with E-state index in [1.165, 1.54) is 42.5 Å². The lowest BCUT2D eigenvalue weighted by Gasteiger charge is -2.14. The first-order valence-corrected chi connectivity index (χ1v) is 9.47. The number of amides is 2. The molecule has 148 valence electrons. The van der Waals surface area contributed by atoms with Crippen molar-refractivity contribution >= 4 is 56.9 Å². The number of hydrogen-bond donors (Lipinski definition) is 0. The monoisotopic (exact) mass is 440 g/mol.